The van der Waals surface area contributed by atoms with E-state index in [2.05, 4.69) is 5.32 Å². The van der Waals surface area contributed by atoms with Crippen LogP contribution in [0.15, 0.2) is 12.1 Å². The van der Waals surface area contributed by atoms with E-state index in [-0.39, 0.29) is 6.04 Å². The molecule has 0 aliphatic rings. The molecule has 1 N–H and O–H groups in total. The van der Waals surface area contributed by atoms with Gasteiger partial charge in [0.2, 0.25) is 6.43 Å². The summed E-state index contributed by atoms with van der Waals surface area (Å²) in [6, 6.07) is 3.07. The van der Waals surface area contributed by atoms with Crippen molar-refractivity contribution in [2.75, 3.05) is 14.2 Å². The Morgan fingerprint density at radius 1 is 1.08 bits per heavy atom. The topological polar surface area (TPSA) is 56.8 Å². The molecule has 0 saturated carbocycles. The molecule has 0 bridgehead atoms. The van der Waals surface area contributed by atoms with Gasteiger partial charge in [-0.25, -0.2) is 13.6 Å². The Kier molecular flexibility index (Phi) is 8.11. The van der Waals surface area contributed by atoms with E-state index in [1.54, 1.807) is 32.9 Å². The SMILES string of the molecule is CCC(Cc1cc(OC)c(CC(F)F)cc1OC)NC(=O)OC(C)(C)C. The Hall–Kier alpha value is -2.05. The number of hydrogen-bond donors (Lipinski definition) is 1. The Labute approximate surface area is 154 Å². The van der Waals surface area contributed by atoms with Gasteiger partial charge in [0.15, 0.2) is 0 Å². The molecular formula is C19H29F2NO4. The summed E-state index contributed by atoms with van der Waals surface area (Å²) in [6.45, 7) is 7.33. The zero-order valence-electron chi connectivity index (χ0n) is 16.3. The number of nitrogens with one attached hydrogen (secondary N) is 1. The number of carbonyl (C=O) groups is 1. The smallest absolute Gasteiger partial charge is 0.407 e. The predicted octanol–water partition coefficient (Wildman–Crippen LogP) is 4.36. The van der Waals surface area contributed by atoms with Crippen molar-refractivity contribution in [2.24, 2.45) is 0 Å². The number of hydrogen-bond acceptors (Lipinski definition) is 4. The molecule has 0 aromatic heterocycles. The Bertz CT molecular complexity index is 600. The maximum atomic E-state index is 12.8. The van der Waals surface area contributed by atoms with Gasteiger partial charge in [-0.3, -0.25) is 0 Å². The Morgan fingerprint density at radius 2 is 1.58 bits per heavy atom. The first-order chi connectivity index (χ1) is 12.1. The molecule has 0 radical (unpaired) electrons. The molecule has 0 spiro atoms. The van der Waals surface area contributed by atoms with Gasteiger partial charge in [-0.2, -0.15) is 0 Å². The van der Waals surface area contributed by atoms with Gasteiger partial charge in [-0.1, -0.05) is 6.92 Å². The van der Waals surface area contributed by atoms with E-state index >= 15 is 0 Å². The molecule has 0 fully saturated rings. The highest BCUT2D eigenvalue weighted by molar-refractivity contribution is 5.68. The van der Waals surface area contributed by atoms with Crippen molar-refractivity contribution >= 4 is 6.09 Å². The molecule has 5 nitrogen and oxygen atoms in total. The van der Waals surface area contributed by atoms with Crippen LogP contribution in [0.5, 0.6) is 11.5 Å². The lowest BCUT2D eigenvalue weighted by Gasteiger charge is -2.24. The van der Waals surface area contributed by atoms with Crippen molar-refractivity contribution in [3.63, 3.8) is 0 Å². The van der Waals surface area contributed by atoms with Gasteiger partial charge in [-0.15, -0.1) is 0 Å². The minimum atomic E-state index is -2.48. The van der Waals surface area contributed by atoms with Crippen LogP contribution in [0.3, 0.4) is 0 Å². The van der Waals surface area contributed by atoms with Crippen LogP contribution in [0.25, 0.3) is 0 Å². The molecule has 1 rings (SSSR count). The lowest BCUT2D eigenvalue weighted by Crippen LogP contribution is -2.40. The standard InChI is InChI=1S/C19H29F2NO4/c1-7-14(22-18(23)26-19(2,3)4)8-12-9-16(25-6)13(11-17(20)21)10-15(12)24-5/h9-10,14,17H,7-8,11H2,1-6H3,(H,22,23). The first kappa shape index (κ1) is 22.0. The van der Waals surface area contributed by atoms with E-state index in [1.165, 1.54) is 14.2 Å². The third-order valence-corrected chi connectivity index (χ3v) is 3.74. The summed E-state index contributed by atoms with van der Waals surface area (Å²) in [5.74, 6) is 0.874. The monoisotopic (exact) mass is 373 g/mol. The maximum absolute atomic E-state index is 12.8. The number of alkyl carbamates (subject to hydrolysis) is 1. The van der Waals surface area contributed by atoms with Crippen molar-refractivity contribution in [3.8, 4) is 11.5 Å². The summed E-state index contributed by atoms with van der Waals surface area (Å²) in [6.07, 6.45) is -2.25. The summed E-state index contributed by atoms with van der Waals surface area (Å²) < 4.78 is 41.4. The van der Waals surface area contributed by atoms with Gasteiger partial charge in [0.05, 0.1) is 14.2 Å². The van der Waals surface area contributed by atoms with Crippen LogP contribution in [-0.4, -0.2) is 38.4 Å². The molecule has 0 aliphatic carbocycles. The number of methoxy groups -OCH3 is 2. The summed E-state index contributed by atoms with van der Waals surface area (Å²) >= 11 is 0. The average molecular weight is 373 g/mol. The Morgan fingerprint density at radius 3 is 1.96 bits per heavy atom. The number of halogens is 2. The third kappa shape index (κ3) is 7.06. The van der Waals surface area contributed by atoms with Crippen LogP contribution in [0, 0.1) is 0 Å². The number of amides is 1. The quantitative estimate of drug-likeness (QED) is 0.736. The van der Waals surface area contributed by atoms with Crippen molar-refractivity contribution in [1.29, 1.82) is 0 Å². The molecule has 1 aromatic rings. The van der Waals surface area contributed by atoms with Crippen LogP contribution >= 0.6 is 0 Å². The zero-order chi connectivity index (χ0) is 19.9. The molecule has 0 heterocycles. The van der Waals surface area contributed by atoms with E-state index in [9.17, 15) is 13.6 Å². The number of carbonyl (C=O) groups excluding carboxylic acids is 1. The fourth-order valence-electron chi connectivity index (χ4n) is 2.55. The fraction of sp³-hybridized carbons (Fsp3) is 0.632. The predicted molar refractivity (Wildman–Crippen MR) is 96.4 cm³/mol. The van der Waals surface area contributed by atoms with Crippen LogP contribution < -0.4 is 14.8 Å². The van der Waals surface area contributed by atoms with Gasteiger partial charge < -0.3 is 19.5 Å². The summed E-state index contributed by atoms with van der Waals surface area (Å²) in [4.78, 5) is 12.0. The average Bonchev–Trinajstić information content (AvgIpc) is 2.52. The molecule has 1 aromatic carbocycles. The highest BCUT2D eigenvalue weighted by atomic mass is 19.3. The molecule has 7 heteroatoms. The van der Waals surface area contributed by atoms with E-state index in [1.807, 2.05) is 6.92 Å². The van der Waals surface area contributed by atoms with Crippen molar-refractivity contribution in [3.05, 3.63) is 23.3 Å². The van der Waals surface area contributed by atoms with Gasteiger partial charge in [0, 0.05) is 18.0 Å². The van der Waals surface area contributed by atoms with Crippen LogP contribution in [-0.2, 0) is 17.6 Å². The summed E-state index contributed by atoms with van der Waals surface area (Å²) in [5, 5.41) is 2.83. The summed E-state index contributed by atoms with van der Waals surface area (Å²) in [5.41, 5.74) is 0.571. The molecule has 148 valence electrons. The highest BCUT2D eigenvalue weighted by Gasteiger charge is 2.21. The lowest BCUT2D eigenvalue weighted by atomic mass is 9.99. The molecule has 1 unspecified atom stereocenters. The van der Waals surface area contributed by atoms with Gasteiger partial charge in [0.1, 0.15) is 17.1 Å². The normalized spacial score (nSPS) is 12.7. The zero-order valence-corrected chi connectivity index (χ0v) is 16.3. The van der Waals surface area contributed by atoms with Crippen molar-refractivity contribution in [1.82, 2.24) is 5.32 Å². The maximum Gasteiger partial charge on any atom is 0.407 e. The second kappa shape index (κ2) is 9.59. The molecule has 0 aliphatic heterocycles. The number of rotatable bonds is 8. The first-order valence-electron chi connectivity index (χ1n) is 8.61. The van der Waals surface area contributed by atoms with Crippen LogP contribution in [0.1, 0.15) is 45.2 Å². The largest absolute Gasteiger partial charge is 0.496 e. The van der Waals surface area contributed by atoms with Crippen molar-refractivity contribution < 1.29 is 27.8 Å². The Balaban J connectivity index is 2.99. The van der Waals surface area contributed by atoms with Crippen LogP contribution in [0.4, 0.5) is 13.6 Å². The van der Waals surface area contributed by atoms with E-state index in [0.29, 0.717) is 29.9 Å². The molecule has 1 atom stereocenters. The first-order valence-corrected chi connectivity index (χ1v) is 8.61. The third-order valence-electron chi connectivity index (χ3n) is 3.74. The second-order valence-corrected chi connectivity index (χ2v) is 7.03. The molecule has 0 saturated heterocycles. The van der Waals surface area contributed by atoms with Crippen LogP contribution in [0.2, 0.25) is 0 Å². The van der Waals surface area contributed by atoms with Gasteiger partial charge in [-0.05, 0) is 51.3 Å². The minimum absolute atomic E-state index is 0.190. The van der Waals surface area contributed by atoms with Gasteiger partial charge in [0.25, 0.3) is 0 Å². The number of alkyl halides is 2. The highest BCUT2D eigenvalue weighted by Crippen LogP contribution is 2.31. The van der Waals surface area contributed by atoms with E-state index < -0.39 is 24.5 Å². The fourth-order valence-corrected chi connectivity index (χ4v) is 2.55. The lowest BCUT2D eigenvalue weighted by molar-refractivity contribution is 0.0502. The molecular weight excluding hydrogens is 344 g/mol. The molecule has 1 amide bonds. The second-order valence-electron chi connectivity index (χ2n) is 7.03. The molecule has 26 heavy (non-hydrogen) atoms. The van der Waals surface area contributed by atoms with Crippen molar-refractivity contribution in [2.45, 2.75) is 65.0 Å². The minimum Gasteiger partial charge on any atom is -0.496 e. The van der Waals surface area contributed by atoms with Gasteiger partial charge >= 0.3 is 6.09 Å². The number of ether oxygens (including phenoxy) is 3. The summed E-state index contributed by atoms with van der Waals surface area (Å²) in [7, 11) is 2.93. The van der Waals surface area contributed by atoms with E-state index in [4.69, 9.17) is 14.2 Å². The van der Waals surface area contributed by atoms with E-state index in [0.717, 1.165) is 5.56 Å². The number of benzene rings is 1.